The van der Waals surface area contributed by atoms with E-state index in [1.165, 1.54) is 11.1 Å². The van der Waals surface area contributed by atoms with Crippen LogP contribution in [0.2, 0.25) is 0 Å². The van der Waals surface area contributed by atoms with Gasteiger partial charge in [-0.25, -0.2) is 4.98 Å². The highest BCUT2D eigenvalue weighted by Crippen LogP contribution is 2.26. The first-order chi connectivity index (χ1) is 14.2. The van der Waals surface area contributed by atoms with Crippen LogP contribution in [0, 0.1) is 13.8 Å². The molecule has 5 heteroatoms. The lowest BCUT2D eigenvalue weighted by Gasteiger charge is -2.07. The minimum absolute atomic E-state index is 0.769. The summed E-state index contributed by atoms with van der Waals surface area (Å²) in [7, 11) is 0. The van der Waals surface area contributed by atoms with E-state index in [0.717, 1.165) is 43.0 Å². The van der Waals surface area contributed by atoms with Crippen LogP contribution in [0.4, 0.5) is 5.13 Å². The van der Waals surface area contributed by atoms with Gasteiger partial charge in [-0.05, 0) is 49.2 Å². The molecule has 0 amide bonds. The second-order valence-corrected chi connectivity index (χ2v) is 8.04. The molecule has 0 saturated carbocycles. The summed E-state index contributed by atoms with van der Waals surface area (Å²) in [5.41, 5.74) is 8.35. The van der Waals surface area contributed by atoms with Crippen molar-refractivity contribution in [3.8, 4) is 11.3 Å². The van der Waals surface area contributed by atoms with E-state index < -0.39 is 0 Å². The molecule has 0 saturated heterocycles. The highest BCUT2D eigenvalue weighted by molar-refractivity contribution is 7.22. The summed E-state index contributed by atoms with van der Waals surface area (Å²) in [5, 5.41) is 7.26. The topological polar surface area (TPSA) is 50.4 Å². The first kappa shape index (κ1) is 17.6. The first-order valence-electron chi connectivity index (χ1n) is 9.43. The molecule has 0 fully saturated rings. The molecule has 0 aliphatic rings. The number of aromatic nitrogens is 1. The maximum atomic E-state index is 6.22. The molecule has 5 rings (SSSR count). The number of rotatable bonds is 3. The zero-order valence-corrected chi connectivity index (χ0v) is 17.0. The molecule has 5 aromatic rings. The van der Waals surface area contributed by atoms with E-state index in [1.54, 1.807) is 11.3 Å². The Labute approximate surface area is 172 Å². The molecular formula is C24H19N3OS. The summed E-state index contributed by atoms with van der Waals surface area (Å²) < 4.78 is 7.36. The van der Waals surface area contributed by atoms with E-state index in [2.05, 4.69) is 42.5 Å². The molecule has 0 spiro atoms. The monoisotopic (exact) mass is 397 g/mol. The Morgan fingerprint density at radius 2 is 1.66 bits per heavy atom. The Bertz CT molecular complexity index is 1370. The van der Waals surface area contributed by atoms with Crippen LogP contribution in [0.15, 0.2) is 82.3 Å². The van der Waals surface area contributed by atoms with Crippen molar-refractivity contribution in [2.75, 3.05) is 5.43 Å². The van der Waals surface area contributed by atoms with Crippen molar-refractivity contribution in [1.82, 2.24) is 4.98 Å². The Morgan fingerprint density at radius 3 is 2.48 bits per heavy atom. The van der Waals surface area contributed by atoms with Crippen LogP contribution in [0.25, 0.3) is 32.5 Å². The maximum absolute atomic E-state index is 6.22. The third-order valence-electron chi connectivity index (χ3n) is 4.98. The average Bonchev–Trinajstić information content (AvgIpc) is 3.16. The van der Waals surface area contributed by atoms with Crippen LogP contribution in [-0.2, 0) is 0 Å². The summed E-state index contributed by atoms with van der Waals surface area (Å²) in [6, 6.07) is 24.4. The van der Waals surface area contributed by atoms with Crippen LogP contribution in [0.5, 0.6) is 0 Å². The van der Waals surface area contributed by atoms with Crippen LogP contribution in [-0.4, -0.2) is 4.98 Å². The highest BCUT2D eigenvalue weighted by atomic mass is 32.1. The van der Waals surface area contributed by atoms with E-state index in [0.29, 0.717) is 0 Å². The number of fused-ring (bicyclic) bond motifs is 2. The first-order valence-corrected chi connectivity index (χ1v) is 10.2. The summed E-state index contributed by atoms with van der Waals surface area (Å²) in [4.78, 5) is 4.61. The van der Waals surface area contributed by atoms with Gasteiger partial charge >= 0.3 is 0 Å². The van der Waals surface area contributed by atoms with Gasteiger partial charge < -0.3 is 4.42 Å². The molecule has 4 nitrogen and oxygen atoms in total. The molecule has 2 aromatic heterocycles. The number of anilines is 1. The summed E-state index contributed by atoms with van der Waals surface area (Å²) in [5.74, 6) is 0.784. The fourth-order valence-electron chi connectivity index (χ4n) is 3.29. The molecule has 142 valence electrons. The number of para-hydroxylation sites is 1. The normalized spacial score (nSPS) is 12.0. The number of thiazole rings is 1. The van der Waals surface area contributed by atoms with Gasteiger partial charge in [-0.15, -0.1) is 0 Å². The second-order valence-electron chi connectivity index (χ2n) is 7.00. The number of nitrogens with zero attached hydrogens (tertiary/aromatic N) is 2. The van der Waals surface area contributed by atoms with Gasteiger partial charge in [0.05, 0.1) is 15.6 Å². The van der Waals surface area contributed by atoms with Crippen LogP contribution in [0.1, 0.15) is 11.1 Å². The number of aryl methyl sites for hydroxylation is 2. The second kappa shape index (κ2) is 7.18. The smallest absolute Gasteiger partial charge is 0.204 e. The van der Waals surface area contributed by atoms with Gasteiger partial charge in [-0.3, -0.25) is 5.43 Å². The minimum atomic E-state index is 0.769. The van der Waals surface area contributed by atoms with E-state index in [1.807, 2.05) is 54.6 Å². The molecular weight excluding hydrogens is 378 g/mol. The fourth-order valence-corrected chi connectivity index (χ4v) is 4.10. The van der Waals surface area contributed by atoms with Gasteiger partial charge in [-0.1, -0.05) is 53.8 Å². The summed E-state index contributed by atoms with van der Waals surface area (Å²) >= 11 is 1.59. The van der Waals surface area contributed by atoms with Crippen molar-refractivity contribution < 1.29 is 4.42 Å². The van der Waals surface area contributed by atoms with Crippen molar-refractivity contribution in [3.05, 3.63) is 89.3 Å². The molecule has 0 atom stereocenters. The van der Waals surface area contributed by atoms with Crippen LogP contribution in [0.3, 0.4) is 0 Å². The van der Waals surface area contributed by atoms with E-state index in [9.17, 15) is 0 Å². The van der Waals surface area contributed by atoms with Gasteiger partial charge in [0.1, 0.15) is 11.3 Å². The lowest BCUT2D eigenvalue weighted by atomic mass is 10.1. The molecule has 0 bridgehead atoms. The van der Waals surface area contributed by atoms with Crippen molar-refractivity contribution >= 4 is 37.7 Å². The third kappa shape index (κ3) is 3.41. The predicted octanol–water partition coefficient (Wildman–Crippen LogP) is 6.25. The minimum Gasteiger partial charge on any atom is -0.456 e. The molecule has 0 aliphatic heterocycles. The van der Waals surface area contributed by atoms with Gasteiger partial charge in [0.2, 0.25) is 5.13 Å². The van der Waals surface area contributed by atoms with E-state index in [-0.39, 0.29) is 0 Å². The van der Waals surface area contributed by atoms with E-state index >= 15 is 0 Å². The largest absolute Gasteiger partial charge is 0.456 e. The molecule has 0 aliphatic carbocycles. The number of hydrogen-bond acceptors (Lipinski definition) is 5. The Morgan fingerprint density at radius 1 is 0.897 bits per heavy atom. The SMILES string of the molecule is Cc1cc2oc(-c3ccccc3)c/c(=N/Nc3nc4ccccc4s3)c2cc1C. The van der Waals surface area contributed by atoms with Crippen molar-refractivity contribution in [2.24, 2.45) is 5.10 Å². The van der Waals surface area contributed by atoms with E-state index in [4.69, 9.17) is 9.52 Å². The van der Waals surface area contributed by atoms with Gasteiger partial charge in [-0.2, -0.15) is 5.10 Å². The van der Waals surface area contributed by atoms with Gasteiger partial charge in [0.15, 0.2) is 0 Å². The van der Waals surface area contributed by atoms with Crippen LogP contribution < -0.4 is 10.8 Å². The van der Waals surface area contributed by atoms with Gasteiger partial charge in [0, 0.05) is 17.0 Å². The number of hydrogen-bond donors (Lipinski definition) is 1. The molecule has 0 radical (unpaired) electrons. The zero-order valence-electron chi connectivity index (χ0n) is 16.1. The molecule has 0 unspecified atom stereocenters. The lowest BCUT2D eigenvalue weighted by molar-refractivity contribution is 0.618. The van der Waals surface area contributed by atoms with Crippen molar-refractivity contribution in [2.45, 2.75) is 13.8 Å². The standard InChI is InChI=1S/C24H19N3OS/c1-15-12-18-20(26-27-24-25-19-10-6-7-11-23(19)29-24)14-21(17-8-4-3-5-9-17)28-22(18)13-16(15)2/h3-14H,1-2H3,(H,25,27)/b26-20-. The number of nitrogens with one attached hydrogen (secondary N) is 1. The molecule has 3 aromatic carbocycles. The Balaban J connectivity index is 1.67. The maximum Gasteiger partial charge on any atom is 0.204 e. The fraction of sp³-hybridized carbons (Fsp3) is 0.0833. The highest BCUT2D eigenvalue weighted by Gasteiger charge is 2.08. The Kier molecular flexibility index (Phi) is 4.37. The molecule has 1 N–H and O–H groups in total. The quantitative estimate of drug-likeness (QED) is 0.366. The van der Waals surface area contributed by atoms with Crippen LogP contribution >= 0.6 is 11.3 Å². The van der Waals surface area contributed by atoms with Gasteiger partial charge in [0.25, 0.3) is 0 Å². The Hall–Kier alpha value is -3.44. The molecule has 2 heterocycles. The zero-order chi connectivity index (χ0) is 19.8. The average molecular weight is 398 g/mol. The van der Waals surface area contributed by atoms with Crippen molar-refractivity contribution in [1.29, 1.82) is 0 Å². The third-order valence-corrected chi connectivity index (χ3v) is 5.92. The molecule has 29 heavy (non-hydrogen) atoms. The van der Waals surface area contributed by atoms with Crippen molar-refractivity contribution in [3.63, 3.8) is 0 Å². The lowest BCUT2D eigenvalue weighted by Crippen LogP contribution is -2.08. The summed E-state index contributed by atoms with van der Waals surface area (Å²) in [6.45, 7) is 4.19. The number of benzene rings is 3. The predicted molar refractivity (Wildman–Crippen MR) is 120 cm³/mol. The summed E-state index contributed by atoms with van der Waals surface area (Å²) in [6.07, 6.45) is 0.